The fourth-order valence-corrected chi connectivity index (χ4v) is 2.59. The van der Waals surface area contributed by atoms with E-state index in [0.717, 1.165) is 19.3 Å². The SMILES string of the molecule is CC1CCCC(N)(c2noc(COC(C)(C)C)n2)C1. The van der Waals surface area contributed by atoms with E-state index >= 15 is 0 Å². The molecule has 0 bridgehead atoms. The molecule has 1 aromatic heterocycles. The van der Waals surface area contributed by atoms with E-state index in [4.69, 9.17) is 15.0 Å². The van der Waals surface area contributed by atoms with Crippen molar-refractivity contribution in [1.82, 2.24) is 10.1 Å². The van der Waals surface area contributed by atoms with Gasteiger partial charge in [-0.05, 0) is 39.5 Å². The van der Waals surface area contributed by atoms with E-state index < -0.39 is 5.54 Å². The van der Waals surface area contributed by atoms with E-state index in [1.165, 1.54) is 6.42 Å². The van der Waals surface area contributed by atoms with Crippen LogP contribution in [0.1, 0.15) is 65.1 Å². The first-order chi connectivity index (χ1) is 8.78. The zero-order chi connectivity index (χ0) is 14.1. The molecule has 0 saturated heterocycles. The highest BCUT2D eigenvalue weighted by Crippen LogP contribution is 2.36. The molecule has 1 aliphatic rings. The van der Waals surface area contributed by atoms with Gasteiger partial charge in [0.25, 0.3) is 5.89 Å². The summed E-state index contributed by atoms with van der Waals surface area (Å²) in [5.41, 5.74) is 5.80. The van der Waals surface area contributed by atoms with Gasteiger partial charge in [-0.25, -0.2) is 0 Å². The van der Waals surface area contributed by atoms with Crippen LogP contribution < -0.4 is 5.73 Å². The van der Waals surface area contributed by atoms with Crippen molar-refractivity contribution in [2.24, 2.45) is 11.7 Å². The number of nitrogens with zero attached hydrogens (tertiary/aromatic N) is 2. The summed E-state index contributed by atoms with van der Waals surface area (Å²) in [6.07, 6.45) is 4.21. The minimum Gasteiger partial charge on any atom is -0.366 e. The second-order valence-corrected chi connectivity index (χ2v) is 6.77. The first-order valence-electron chi connectivity index (χ1n) is 7.04. The van der Waals surface area contributed by atoms with E-state index in [1.807, 2.05) is 20.8 Å². The molecule has 2 unspecified atom stereocenters. The molecule has 1 aromatic rings. The molecule has 2 atom stereocenters. The summed E-state index contributed by atoms with van der Waals surface area (Å²) in [5.74, 6) is 1.76. The lowest BCUT2D eigenvalue weighted by atomic mass is 9.76. The van der Waals surface area contributed by atoms with Gasteiger partial charge in [-0.15, -0.1) is 0 Å². The van der Waals surface area contributed by atoms with Crippen LogP contribution in [0.15, 0.2) is 4.52 Å². The van der Waals surface area contributed by atoms with Crippen LogP contribution >= 0.6 is 0 Å². The molecule has 2 rings (SSSR count). The number of hydrogen-bond donors (Lipinski definition) is 1. The third kappa shape index (κ3) is 3.76. The van der Waals surface area contributed by atoms with Crippen molar-refractivity contribution in [2.45, 2.75) is 71.1 Å². The Bertz CT molecular complexity index is 425. The highest BCUT2D eigenvalue weighted by molar-refractivity contribution is 5.06. The molecule has 0 spiro atoms. The molecular formula is C14H25N3O2. The summed E-state index contributed by atoms with van der Waals surface area (Å²) in [6, 6.07) is 0. The lowest BCUT2D eigenvalue weighted by molar-refractivity contribution is -0.0260. The van der Waals surface area contributed by atoms with Crippen LogP contribution in [0, 0.1) is 5.92 Å². The maximum atomic E-state index is 6.44. The largest absolute Gasteiger partial charge is 0.366 e. The van der Waals surface area contributed by atoms with Crippen molar-refractivity contribution >= 4 is 0 Å². The summed E-state index contributed by atoms with van der Waals surface area (Å²) in [6.45, 7) is 8.55. The Morgan fingerprint density at radius 2 is 2.21 bits per heavy atom. The highest BCUT2D eigenvalue weighted by Gasteiger charge is 2.37. The van der Waals surface area contributed by atoms with Gasteiger partial charge in [0.15, 0.2) is 5.82 Å². The summed E-state index contributed by atoms with van der Waals surface area (Å²) in [4.78, 5) is 4.42. The monoisotopic (exact) mass is 267 g/mol. The molecule has 1 fully saturated rings. The molecular weight excluding hydrogens is 242 g/mol. The van der Waals surface area contributed by atoms with Gasteiger partial charge in [0.2, 0.25) is 0 Å². The Balaban J connectivity index is 2.04. The zero-order valence-electron chi connectivity index (χ0n) is 12.4. The van der Waals surface area contributed by atoms with Crippen LogP contribution in [0.25, 0.3) is 0 Å². The van der Waals surface area contributed by atoms with E-state index in [9.17, 15) is 0 Å². The van der Waals surface area contributed by atoms with Crippen LogP contribution in [0.5, 0.6) is 0 Å². The maximum Gasteiger partial charge on any atom is 0.252 e. The molecule has 1 saturated carbocycles. The van der Waals surface area contributed by atoms with Gasteiger partial charge in [-0.2, -0.15) is 4.98 Å². The normalized spacial score (nSPS) is 28.6. The molecule has 108 valence electrons. The number of nitrogens with two attached hydrogens (primary N) is 1. The van der Waals surface area contributed by atoms with Gasteiger partial charge in [-0.1, -0.05) is 24.9 Å². The van der Waals surface area contributed by atoms with Crippen molar-refractivity contribution in [3.05, 3.63) is 11.7 Å². The van der Waals surface area contributed by atoms with Crippen LogP contribution in [0.2, 0.25) is 0 Å². The molecule has 0 aromatic carbocycles. The van der Waals surface area contributed by atoms with Crippen LogP contribution in [-0.2, 0) is 16.9 Å². The third-order valence-corrected chi connectivity index (χ3v) is 3.57. The van der Waals surface area contributed by atoms with E-state index in [0.29, 0.717) is 24.2 Å². The standard InChI is InChI=1S/C14H25N3O2/c1-10-6-5-7-14(15,8-10)12-16-11(19-17-12)9-18-13(2,3)4/h10H,5-9,15H2,1-4H3. The van der Waals surface area contributed by atoms with Crippen molar-refractivity contribution < 1.29 is 9.26 Å². The van der Waals surface area contributed by atoms with Gasteiger partial charge in [-0.3, -0.25) is 0 Å². The average molecular weight is 267 g/mol. The third-order valence-electron chi connectivity index (χ3n) is 3.57. The van der Waals surface area contributed by atoms with E-state index in [2.05, 4.69) is 17.1 Å². The predicted octanol–water partition coefficient (Wildman–Crippen LogP) is 2.75. The lowest BCUT2D eigenvalue weighted by Gasteiger charge is -2.33. The fraction of sp³-hybridized carbons (Fsp3) is 0.857. The lowest BCUT2D eigenvalue weighted by Crippen LogP contribution is -2.42. The van der Waals surface area contributed by atoms with Gasteiger partial charge in [0.05, 0.1) is 11.1 Å². The van der Waals surface area contributed by atoms with Crippen LogP contribution in [0.4, 0.5) is 0 Å². The molecule has 5 heteroatoms. The first kappa shape index (κ1) is 14.5. The maximum absolute atomic E-state index is 6.44. The number of rotatable bonds is 3. The minimum absolute atomic E-state index is 0.214. The Morgan fingerprint density at radius 1 is 1.47 bits per heavy atom. The number of hydrogen-bond acceptors (Lipinski definition) is 5. The van der Waals surface area contributed by atoms with Gasteiger partial charge in [0, 0.05) is 0 Å². The van der Waals surface area contributed by atoms with Crippen molar-refractivity contribution in [1.29, 1.82) is 0 Å². The molecule has 1 aliphatic carbocycles. The molecule has 19 heavy (non-hydrogen) atoms. The number of aromatic nitrogens is 2. The fourth-order valence-electron chi connectivity index (χ4n) is 2.59. The van der Waals surface area contributed by atoms with Crippen molar-refractivity contribution in [3.8, 4) is 0 Å². The van der Waals surface area contributed by atoms with Crippen LogP contribution in [-0.4, -0.2) is 15.7 Å². The summed E-state index contributed by atoms with van der Waals surface area (Å²) >= 11 is 0. The molecule has 0 aliphatic heterocycles. The Labute approximate surface area is 114 Å². The zero-order valence-corrected chi connectivity index (χ0v) is 12.4. The van der Waals surface area contributed by atoms with E-state index in [-0.39, 0.29) is 5.60 Å². The van der Waals surface area contributed by atoms with Gasteiger partial charge < -0.3 is 15.0 Å². The smallest absolute Gasteiger partial charge is 0.252 e. The Kier molecular flexibility index (Phi) is 3.97. The highest BCUT2D eigenvalue weighted by atomic mass is 16.5. The van der Waals surface area contributed by atoms with Crippen molar-refractivity contribution in [2.75, 3.05) is 0 Å². The molecule has 1 heterocycles. The quantitative estimate of drug-likeness (QED) is 0.911. The average Bonchev–Trinajstić information content (AvgIpc) is 2.74. The van der Waals surface area contributed by atoms with Gasteiger partial charge >= 0.3 is 0 Å². The minimum atomic E-state index is -0.429. The summed E-state index contributed by atoms with van der Waals surface area (Å²) < 4.78 is 10.9. The van der Waals surface area contributed by atoms with Crippen LogP contribution in [0.3, 0.4) is 0 Å². The number of ether oxygens (including phenoxy) is 1. The summed E-state index contributed by atoms with van der Waals surface area (Å²) in [7, 11) is 0. The Hall–Kier alpha value is -0.940. The van der Waals surface area contributed by atoms with Gasteiger partial charge in [0.1, 0.15) is 6.61 Å². The molecule has 5 nitrogen and oxygen atoms in total. The first-order valence-corrected chi connectivity index (χ1v) is 7.04. The molecule has 0 amide bonds. The Morgan fingerprint density at radius 3 is 2.84 bits per heavy atom. The predicted molar refractivity (Wildman–Crippen MR) is 72.3 cm³/mol. The second kappa shape index (κ2) is 5.21. The molecule has 0 radical (unpaired) electrons. The second-order valence-electron chi connectivity index (χ2n) is 6.77. The van der Waals surface area contributed by atoms with Crippen molar-refractivity contribution in [3.63, 3.8) is 0 Å². The topological polar surface area (TPSA) is 74.2 Å². The summed E-state index contributed by atoms with van der Waals surface area (Å²) in [5, 5.41) is 4.06. The molecule has 2 N–H and O–H groups in total. The van der Waals surface area contributed by atoms with E-state index in [1.54, 1.807) is 0 Å².